The van der Waals surface area contributed by atoms with Gasteiger partial charge in [0.15, 0.2) is 0 Å². The molecule has 2 aromatic rings. The van der Waals surface area contributed by atoms with Crippen molar-refractivity contribution in [1.82, 2.24) is 4.31 Å². The SMILES string of the molecule is COc1ccc(C(=O)Nc2ccc(S(=O)(=O)N3CCCC3)cc2)cc1Br. The summed E-state index contributed by atoms with van der Waals surface area (Å²) in [6.07, 6.45) is 1.79. The number of nitrogens with zero attached hydrogens (tertiary/aromatic N) is 1. The Hall–Kier alpha value is -1.90. The third-order valence-electron chi connectivity index (χ3n) is 4.23. The lowest BCUT2D eigenvalue weighted by Crippen LogP contribution is -2.27. The Labute approximate surface area is 161 Å². The Balaban J connectivity index is 1.73. The number of amides is 1. The summed E-state index contributed by atoms with van der Waals surface area (Å²) in [6, 6.07) is 11.3. The van der Waals surface area contributed by atoms with Crippen molar-refractivity contribution in [3.8, 4) is 5.75 Å². The molecule has 6 nitrogen and oxygen atoms in total. The van der Waals surface area contributed by atoms with Gasteiger partial charge in [-0.2, -0.15) is 4.31 Å². The highest BCUT2D eigenvalue weighted by atomic mass is 79.9. The molecule has 0 bridgehead atoms. The first-order valence-electron chi connectivity index (χ1n) is 8.17. The van der Waals surface area contributed by atoms with E-state index < -0.39 is 10.0 Å². The summed E-state index contributed by atoms with van der Waals surface area (Å²) in [5, 5.41) is 2.76. The van der Waals surface area contributed by atoms with Crippen molar-refractivity contribution in [2.75, 3.05) is 25.5 Å². The Morgan fingerprint density at radius 2 is 1.77 bits per heavy atom. The van der Waals surface area contributed by atoms with Gasteiger partial charge in [-0.25, -0.2) is 8.42 Å². The lowest BCUT2D eigenvalue weighted by atomic mass is 10.2. The van der Waals surface area contributed by atoms with Gasteiger partial charge in [0.05, 0.1) is 16.5 Å². The number of methoxy groups -OCH3 is 1. The fourth-order valence-electron chi connectivity index (χ4n) is 2.80. The van der Waals surface area contributed by atoms with E-state index in [-0.39, 0.29) is 10.8 Å². The topological polar surface area (TPSA) is 75.7 Å². The van der Waals surface area contributed by atoms with Crippen molar-refractivity contribution in [2.45, 2.75) is 17.7 Å². The molecule has 0 spiro atoms. The number of sulfonamides is 1. The molecule has 26 heavy (non-hydrogen) atoms. The van der Waals surface area contributed by atoms with Gasteiger partial charge in [-0.05, 0) is 71.2 Å². The molecule has 0 aromatic heterocycles. The lowest BCUT2D eigenvalue weighted by molar-refractivity contribution is 0.102. The van der Waals surface area contributed by atoms with E-state index >= 15 is 0 Å². The van der Waals surface area contributed by atoms with Crippen LogP contribution in [-0.4, -0.2) is 38.8 Å². The van der Waals surface area contributed by atoms with Crippen molar-refractivity contribution >= 4 is 37.5 Å². The number of rotatable bonds is 5. The first-order chi connectivity index (χ1) is 12.4. The lowest BCUT2D eigenvalue weighted by Gasteiger charge is -2.15. The number of ether oxygens (including phenoxy) is 1. The van der Waals surface area contributed by atoms with Gasteiger partial charge in [-0.1, -0.05) is 0 Å². The largest absolute Gasteiger partial charge is 0.496 e. The van der Waals surface area contributed by atoms with Crippen LogP contribution in [0, 0.1) is 0 Å². The van der Waals surface area contributed by atoms with Crippen LogP contribution in [0.5, 0.6) is 5.75 Å². The zero-order valence-corrected chi connectivity index (χ0v) is 16.6. The normalized spacial score (nSPS) is 15.0. The second kappa shape index (κ2) is 7.77. The standard InChI is InChI=1S/C18H19BrN2O4S/c1-25-17-9-4-13(12-16(17)19)18(22)20-14-5-7-15(8-6-14)26(23,24)21-10-2-3-11-21/h4-9,12H,2-3,10-11H2,1H3,(H,20,22). The molecule has 1 N–H and O–H groups in total. The van der Waals surface area contributed by atoms with Crippen molar-refractivity contribution in [2.24, 2.45) is 0 Å². The third kappa shape index (κ3) is 3.92. The molecule has 1 amide bonds. The van der Waals surface area contributed by atoms with E-state index in [2.05, 4.69) is 21.2 Å². The Morgan fingerprint density at radius 3 is 2.35 bits per heavy atom. The van der Waals surface area contributed by atoms with Crippen LogP contribution in [0.2, 0.25) is 0 Å². The molecule has 0 unspecified atom stereocenters. The second-order valence-corrected chi connectivity index (χ2v) is 8.73. The number of carbonyl (C=O) groups is 1. The summed E-state index contributed by atoms with van der Waals surface area (Å²) in [6.45, 7) is 1.13. The second-order valence-electron chi connectivity index (χ2n) is 5.94. The van der Waals surface area contributed by atoms with E-state index in [9.17, 15) is 13.2 Å². The van der Waals surface area contributed by atoms with E-state index in [0.717, 1.165) is 12.8 Å². The number of anilines is 1. The smallest absolute Gasteiger partial charge is 0.255 e. The maximum atomic E-state index is 12.5. The summed E-state index contributed by atoms with van der Waals surface area (Å²) in [7, 11) is -1.90. The number of halogens is 1. The van der Waals surface area contributed by atoms with Crippen molar-refractivity contribution in [3.05, 3.63) is 52.5 Å². The maximum absolute atomic E-state index is 12.5. The first-order valence-corrected chi connectivity index (χ1v) is 10.4. The zero-order valence-electron chi connectivity index (χ0n) is 14.2. The highest BCUT2D eigenvalue weighted by molar-refractivity contribution is 9.10. The molecule has 0 radical (unpaired) electrons. The molecule has 1 fully saturated rings. The van der Waals surface area contributed by atoms with E-state index in [1.165, 1.54) is 16.4 Å². The van der Waals surface area contributed by atoms with Gasteiger partial charge in [-0.3, -0.25) is 4.79 Å². The van der Waals surface area contributed by atoms with E-state index in [0.29, 0.717) is 34.6 Å². The Kier molecular flexibility index (Phi) is 5.64. The number of hydrogen-bond acceptors (Lipinski definition) is 4. The summed E-state index contributed by atoms with van der Waals surface area (Å²) in [4.78, 5) is 12.6. The fourth-order valence-corrected chi connectivity index (χ4v) is 4.86. The van der Waals surface area contributed by atoms with Crippen molar-refractivity contribution in [3.63, 3.8) is 0 Å². The first kappa shape index (κ1) is 18.9. The predicted octanol–water partition coefficient (Wildman–Crippen LogP) is 3.49. The number of carbonyl (C=O) groups excluding carboxylic acids is 1. The molecule has 1 aliphatic rings. The van der Waals surface area contributed by atoms with E-state index in [4.69, 9.17) is 4.74 Å². The number of nitrogens with one attached hydrogen (secondary N) is 1. The average Bonchev–Trinajstić information content (AvgIpc) is 3.17. The van der Waals surface area contributed by atoms with Crippen LogP contribution >= 0.6 is 15.9 Å². The average molecular weight is 439 g/mol. The molecule has 1 saturated heterocycles. The third-order valence-corrected chi connectivity index (χ3v) is 6.76. The summed E-state index contributed by atoms with van der Waals surface area (Å²) in [5.41, 5.74) is 0.994. The molecular formula is C18H19BrN2O4S. The molecule has 138 valence electrons. The van der Waals surface area contributed by atoms with Crippen molar-refractivity contribution in [1.29, 1.82) is 0 Å². The molecule has 0 atom stereocenters. The van der Waals surface area contributed by atoms with Crippen LogP contribution in [0.3, 0.4) is 0 Å². The van der Waals surface area contributed by atoms with Gasteiger partial charge in [0.25, 0.3) is 5.91 Å². The van der Waals surface area contributed by atoms with Crippen LogP contribution in [0.15, 0.2) is 51.8 Å². The predicted molar refractivity (Wildman–Crippen MR) is 103 cm³/mol. The van der Waals surface area contributed by atoms with Gasteiger partial charge >= 0.3 is 0 Å². The molecule has 1 heterocycles. The summed E-state index contributed by atoms with van der Waals surface area (Å²) < 4.78 is 32.3. The molecule has 8 heteroatoms. The van der Waals surface area contributed by atoms with Gasteiger partial charge in [0, 0.05) is 24.3 Å². The minimum atomic E-state index is -3.45. The van der Waals surface area contributed by atoms with Crippen LogP contribution in [-0.2, 0) is 10.0 Å². The highest BCUT2D eigenvalue weighted by Crippen LogP contribution is 2.26. The number of benzene rings is 2. The van der Waals surface area contributed by atoms with E-state index in [1.54, 1.807) is 37.4 Å². The Morgan fingerprint density at radius 1 is 1.12 bits per heavy atom. The minimum absolute atomic E-state index is 0.240. The molecule has 0 saturated carbocycles. The summed E-state index contributed by atoms with van der Waals surface area (Å²) in [5.74, 6) is 0.349. The number of hydrogen-bond donors (Lipinski definition) is 1. The molecule has 3 rings (SSSR count). The quantitative estimate of drug-likeness (QED) is 0.774. The van der Waals surface area contributed by atoms with E-state index in [1.807, 2.05) is 0 Å². The van der Waals surface area contributed by atoms with Gasteiger partial charge in [0.1, 0.15) is 5.75 Å². The molecule has 1 aliphatic heterocycles. The van der Waals surface area contributed by atoms with Crippen LogP contribution in [0.25, 0.3) is 0 Å². The van der Waals surface area contributed by atoms with Crippen molar-refractivity contribution < 1.29 is 17.9 Å². The zero-order chi connectivity index (χ0) is 18.7. The molecule has 2 aromatic carbocycles. The summed E-state index contributed by atoms with van der Waals surface area (Å²) >= 11 is 3.35. The van der Waals surface area contributed by atoms with Gasteiger partial charge in [-0.15, -0.1) is 0 Å². The van der Waals surface area contributed by atoms with Gasteiger partial charge in [0.2, 0.25) is 10.0 Å². The van der Waals surface area contributed by atoms with Gasteiger partial charge < -0.3 is 10.1 Å². The Bertz CT molecular complexity index is 907. The fraction of sp³-hybridized carbons (Fsp3) is 0.278. The molecule has 0 aliphatic carbocycles. The monoisotopic (exact) mass is 438 g/mol. The highest BCUT2D eigenvalue weighted by Gasteiger charge is 2.26. The van der Waals surface area contributed by atoms with Crippen LogP contribution < -0.4 is 10.1 Å². The maximum Gasteiger partial charge on any atom is 0.255 e. The van der Waals surface area contributed by atoms with Crippen LogP contribution in [0.1, 0.15) is 23.2 Å². The van der Waals surface area contributed by atoms with Crippen LogP contribution in [0.4, 0.5) is 5.69 Å². The molecular weight excluding hydrogens is 420 g/mol. The minimum Gasteiger partial charge on any atom is -0.496 e.